The van der Waals surface area contributed by atoms with E-state index in [9.17, 15) is 4.79 Å². The lowest BCUT2D eigenvalue weighted by molar-refractivity contribution is -0.119. The van der Waals surface area contributed by atoms with Gasteiger partial charge < -0.3 is 11.5 Å². The van der Waals surface area contributed by atoms with Crippen LogP contribution in [0.25, 0.3) is 0 Å². The molecule has 0 radical (unpaired) electrons. The van der Waals surface area contributed by atoms with Crippen LogP contribution in [0.2, 0.25) is 0 Å². The van der Waals surface area contributed by atoms with E-state index in [2.05, 4.69) is 9.88 Å². The minimum Gasteiger partial charge on any atom is -0.384 e. The zero-order valence-electron chi connectivity index (χ0n) is 10.5. The lowest BCUT2D eigenvalue weighted by Gasteiger charge is -2.31. The maximum atomic E-state index is 10.9. The fourth-order valence-corrected chi connectivity index (χ4v) is 2.42. The number of aromatic nitrogens is 1. The van der Waals surface area contributed by atoms with E-state index >= 15 is 0 Å². The molecular formula is C13H20N4O. The van der Waals surface area contributed by atoms with Crippen molar-refractivity contribution in [3.05, 3.63) is 23.9 Å². The average Bonchev–Trinajstić information content (AvgIpc) is 2.34. The highest BCUT2D eigenvalue weighted by Gasteiger charge is 2.20. The van der Waals surface area contributed by atoms with Gasteiger partial charge in [0.25, 0.3) is 0 Å². The van der Waals surface area contributed by atoms with E-state index in [-0.39, 0.29) is 5.91 Å². The number of nitrogens with zero attached hydrogens (tertiary/aromatic N) is 2. The van der Waals surface area contributed by atoms with E-state index in [4.69, 9.17) is 11.5 Å². The number of primary amides is 1. The molecule has 4 N–H and O–H groups in total. The predicted molar refractivity (Wildman–Crippen MR) is 70.5 cm³/mol. The molecule has 1 amide bonds. The molecule has 0 atom stereocenters. The number of rotatable bonds is 4. The van der Waals surface area contributed by atoms with Gasteiger partial charge in [-0.15, -0.1) is 0 Å². The van der Waals surface area contributed by atoms with E-state index in [0.717, 1.165) is 32.5 Å². The van der Waals surface area contributed by atoms with Gasteiger partial charge in [-0.05, 0) is 43.5 Å². The van der Waals surface area contributed by atoms with Crippen molar-refractivity contribution in [1.82, 2.24) is 9.88 Å². The van der Waals surface area contributed by atoms with Gasteiger partial charge in [0.05, 0.1) is 0 Å². The smallest absolute Gasteiger partial charge is 0.217 e. The number of nitrogens with two attached hydrogens (primary N) is 2. The third-order valence-electron chi connectivity index (χ3n) is 3.45. The van der Waals surface area contributed by atoms with E-state index in [0.29, 0.717) is 18.2 Å². The highest BCUT2D eigenvalue weighted by atomic mass is 16.1. The largest absolute Gasteiger partial charge is 0.384 e. The first-order valence-corrected chi connectivity index (χ1v) is 6.34. The van der Waals surface area contributed by atoms with Gasteiger partial charge in [0.1, 0.15) is 5.82 Å². The van der Waals surface area contributed by atoms with Crippen molar-refractivity contribution >= 4 is 11.7 Å². The van der Waals surface area contributed by atoms with Crippen molar-refractivity contribution < 1.29 is 4.79 Å². The Balaban J connectivity index is 1.79. The maximum absolute atomic E-state index is 10.9. The van der Waals surface area contributed by atoms with Gasteiger partial charge in [-0.3, -0.25) is 9.69 Å². The molecular weight excluding hydrogens is 228 g/mol. The number of pyridine rings is 1. The molecule has 0 bridgehead atoms. The molecule has 1 fully saturated rings. The fraction of sp³-hybridized carbons (Fsp3) is 0.538. The van der Waals surface area contributed by atoms with Gasteiger partial charge in [0, 0.05) is 19.2 Å². The lowest BCUT2D eigenvalue weighted by Crippen LogP contribution is -2.34. The third kappa shape index (κ3) is 3.70. The van der Waals surface area contributed by atoms with E-state index < -0.39 is 0 Å². The Morgan fingerprint density at radius 1 is 1.39 bits per heavy atom. The number of piperidine rings is 1. The zero-order chi connectivity index (χ0) is 13.0. The van der Waals surface area contributed by atoms with Crippen molar-refractivity contribution in [3.8, 4) is 0 Å². The molecule has 5 nitrogen and oxygen atoms in total. The van der Waals surface area contributed by atoms with Gasteiger partial charge in [-0.2, -0.15) is 0 Å². The number of nitrogen functional groups attached to an aromatic ring is 1. The summed E-state index contributed by atoms with van der Waals surface area (Å²) in [6, 6.07) is 3.84. The van der Waals surface area contributed by atoms with Crippen LogP contribution >= 0.6 is 0 Å². The highest BCUT2D eigenvalue weighted by Crippen LogP contribution is 2.21. The second-order valence-corrected chi connectivity index (χ2v) is 4.98. The molecule has 0 spiro atoms. The van der Waals surface area contributed by atoms with Gasteiger partial charge >= 0.3 is 0 Å². The number of amides is 1. The molecule has 0 aliphatic carbocycles. The van der Waals surface area contributed by atoms with Crippen LogP contribution in [0, 0.1) is 5.92 Å². The normalized spacial score (nSPS) is 17.8. The Kier molecular flexibility index (Phi) is 4.15. The molecule has 1 saturated heterocycles. The molecule has 2 heterocycles. The minimum atomic E-state index is -0.184. The van der Waals surface area contributed by atoms with Crippen LogP contribution in [0.1, 0.15) is 24.8 Å². The van der Waals surface area contributed by atoms with Crippen LogP contribution in [-0.4, -0.2) is 28.9 Å². The van der Waals surface area contributed by atoms with E-state index in [1.54, 1.807) is 0 Å². The number of hydrogen-bond donors (Lipinski definition) is 2. The van der Waals surface area contributed by atoms with Gasteiger partial charge in [-0.1, -0.05) is 6.07 Å². The summed E-state index contributed by atoms with van der Waals surface area (Å²) < 4.78 is 0. The van der Waals surface area contributed by atoms with Crippen molar-refractivity contribution in [3.63, 3.8) is 0 Å². The van der Waals surface area contributed by atoms with Crippen LogP contribution in [0.5, 0.6) is 0 Å². The molecule has 5 heteroatoms. The Morgan fingerprint density at radius 2 is 2.11 bits per heavy atom. The summed E-state index contributed by atoms with van der Waals surface area (Å²) in [6.07, 6.45) is 4.44. The zero-order valence-corrected chi connectivity index (χ0v) is 10.5. The Labute approximate surface area is 107 Å². The summed E-state index contributed by atoms with van der Waals surface area (Å²) >= 11 is 0. The first-order chi connectivity index (χ1) is 8.63. The molecule has 98 valence electrons. The van der Waals surface area contributed by atoms with Gasteiger partial charge in [0.15, 0.2) is 0 Å². The second kappa shape index (κ2) is 5.82. The lowest BCUT2D eigenvalue weighted by atomic mass is 9.93. The fourth-order valence-electron chi connectivity index (χ4n) is 2.42. The van der Waals surface area contributed by atoms with Gasteiger partial charge in [0.2, 0.25) is 5.91 Å². The summed E-state index contributed by atoms with van der Waals surface area (Å²) in [5, 5.41) is 0. The average molecular weight is 248 g/mol. The number of anilines is 1. The van der Waals surface area contributed by atoms with Crippen molar-refractivity contribution in [2.45, 2.75) is 25.8 Å². The van der Waals surface area contributed by atoms with E-state index in [1.807, 2.05) is 18.3 Å². The Hall–Kier alpha value is -1.62. The number of carbonyl (C=O) groups excluding carboxylic acids is 1. The maximum Gasteiger partial charge on any atom is 0.217 e. The van der Waals surface area contributed by atoms with Crippen LogP contribution in [0.15, 0.2) is 18.3 Å². The monoisotopic (exact) mass is 248 g/mol. The molecule has 1 aliphatic heterocycles. The molecule has 0 aromatic carbocycles. The molecule has 2 rings (SSSR count). The third-order valence-corrected chi connectivity index (χ3v) is 3.45. The molecule has 18 heavy (non-hydrogen) atoms. The first-order valence-electron chi connectivity index (χ1n) is 6.34. The van der Waals surface area contributed by atoms with Crippen LogP contribution < -0.4 is 11.5 Å². The quantitative estimate of drug-likeness (QED) is 0.823. The molecule has 0 unspecified atom stereocenters. The summed E-state index contributed by atoms with van der Waals surface area (Å²) in [5.41, 5.74) is 12.0. The number of hydrogen-bond acceptors (Lipinski definition) is 4. The van der Waals surface area contributed by atoms with Crippen molar-refractivity contribution in [2.75, 3.05) is 18.8 Å². The summed E-state index contributed by atoms with van der Waals surface area (Å²) in [7, 11) is 0. The highest BCUT2D eigenvalue weighted by molar-refractivity contribution is 5.73. The Bertz CT molecular complexity index is 396. The molecule has 1 aromatic heterocycles. The standard InChI is InChI=1S/C13H20N4O/c14-12-2-1-11(8-16-12)9-17-5-3-10(4-6-17)7-13(15)18/h1-2,8,10H,3-7,9H2,(H2,14,16)(H2,15,18). The topological polar surface area (TPSA) is 85.2 Å². The Morgan fingerprint density at radius 3 is 2.67 bits per heavy atom. The van der Waals surface area contributed by atoms with E-state index in [1.165, 1.54) is 5.56 Å². The first kappa shape index (κ1) is 12.8. The number of likely N-dealkylation sites (tertiary alicyclic amines) is 1. The van der Waals surface area contributed by atoms with Crippen molar-refractivity contribution in [1.29, 1.82) is 0 Å². The molecule has 1 aromatic rings. The van der Waals surface area contributed by atoms with Crippen LogP contribution in [-0.2, 0) is 11.3 Å². The summed E-state index contributed by atoms with van der Waals surface area (Å²) in [5.74, 6) is 0.832. The van der Waals surface area contributed by atoms with Crippen LogP contribution in [0.3, 0.4) is 0 Å². The molecule has 0 saturated carbocycles. The summed E-state index contributed by atoms with van der Waals surface area (Å²) in [4.78, 5) is 17.3. The predicted octanol–water partition coefficient (Wildman–Crippen LogP) is 0.751. The van der Waals surface area contributed by atoms with Crippen LogP contribution in [0.4, 0.5) is 5.82 Å². The van der Waals surface area contributed by atoms with Gasteiger partial charge in [-0.25, -0.2) is 4.98 Å². The molecule has 1 aliphatic rings. The second-order valence-electron chi connectivity index (χ2n) is 4.98. The number of carbonyl (C=O) groups is 1. The SMILES string of the molecule is NC(=O)CC1CCN(Cc2ccc(N)nc2)CC1. The minimum absolute atomic E-state index is 0.184. The van der Waals surface area contributed by atoms with Crippen molar-refractivity contribution in [2.24, 2.45) is 11.7 Å². The summed E-state index contributed by atoms with van der Waals surface area (Å²) in [6.45, 7) is 2.93.